The van der Waals surface area contributed by atoms with Crippen LogP contribution >= 0.6 is 0 Å². The Labute approximate surface area is 121 Å². The van der Waals surface area contributed by atoms with Gasteiger partial charge < -0.3 is 10.2 Å². The molecule has 0 saturated heterocycles. The summed E-state index contributed by atoms with van der Waals surface area (Å²) in [6.45, 7) is 10.4. The molecule has 0 bridgehead atoms. The number of hydrogen-bond donors (Lipinski definition) is 1. The Balaban J connectivity index is 4.32. The summed E-state index contributed by atoms with van der Waals surface area (Å²) >= 11 is 0. The molecule has 1 N–H and O–H groups in total. The molecule has 0 heterocycles. The van der Waals surface area contributed by atoms with E-state index in [-0.39, 0.29) is 0 Å². The second-order valence-electron chi connectivity index (χ2n) is 6.24. The smallest absolute Gasteiger partial charge is 0.00723 e. The summed E-state index contributed by atoms with van der Waals surface area (Å²) in [4.78, 5) is 2.30. The van der Waals surface area contributed by atoms with E-state index in [0.29, 0.717) is 5.41 Å². The third kappa shape index (κ3) is 7.41. The monoisotopic (exact) mass is 266 g/mol. The average Bonchev–Trinajstić information content (AvgIpc) is 2.36. The lowest BCUT2D eigenvalue weighted by molar-refractivity contribution is 0.142. The van der Waals surface area contributed by atoms with Crippen LogP contribution in [-0.2, 0) is 0 Å². The predicted octanol–water partition coefficient (Wildman–Crippen LogP) is 4.06. The SMILES string of the molecule is CCC(C)(CC/C=C\C=C(/C)NC)[C@@H](C)CN(C)C. The fraction of sp³-hybridized carbons (Fsp3) is 0.765. The molecule has 112 valence electrons. The Morgan fingerprint density at radius 2 is 2.00 bits per heavy atom. The largest absolute Gasteiger partial charge is 0.392 e. The molecule has 0 rings (SSSR count). The summed E-state index contributed by atoms with van der Waals surface area (Å²) < 4.78 is 0. The topological polar surface area (TPSA) is 15.3 Å². The molecule has 0 radical (unpaired) electrons. The summed E-state index contributed by atoms with van der Waals surface area (Å²) in [5.74, 6) is 0.732. The number of allylic oxidation sites excluding steroid dienone is 4. The Kier molecular flexibility index (Phi) is 8.82. The van der Waals surface area contributed by atoms with Gasteiger partial charge in [0.15, 0.2) is 0 Å². The van der Waals surface area contributed by atoms with Gasteiger partial charge in [-0.15, -0.1) is 0 Å². The minimum absolute atomic E-state index is 0.441. The van der Waals surface area contributed by atoms with Crippen molar-refractivity contribution >= 4 is 0 Å². The molecule has 2 heteroatoms. The van der Waals surface area contributed by atoms with E-state index in [0.717, 1.165) is 12.3 Å². The molecular weight excluding hydrogens is 232 g/mol. The molecule has 0 spiro atoms. The van der Waals surface area contributed by atoms with Gasteiger partial charge in [-0.25, -0.2) is 0 Å². The van der Waals surface area contributed by atoms with Gasteiger partial charge in [0.25, 0.3) is 0 Å². The molecule has 2 nitrogen and oxygen atoms in total. The molecule has 0 amide bonds. The van der Waals surface area contributed by atoms with Crippen molar-refractivity contribution in [3.63, 3.8) is 0 Å². The van der Waals surface area contributed by atoms with E-state index >= 15 is 0 Å². The lowest BCUT2D eigenvalue weighted by atomic mass is 9.72. The van der Waals surface area contributed by atoms with Crippen molar-refractivity contribution in [2.75, 3.05) is 27.7 Å². The zero-order chi connectivity index (χ0) is 14.9. The predicted molar refractivity (Wildman–Crippen MR) is 87.3 cm³/mol. The lowest BCUT2D eigenvalue weighted by Crippen LogP contribution is -2.32. The molecule has 0 aliphatic rings. The first-order valence-corrected chi connectivity index (χ1v) is 7.51. The number of nitrogens with one attached hydrogen (secondary N) is 1. The zero-order valence-corrected chi connectivity index (χ0v) is 14.1. The van der Waals surface area contributed by atoms with E-state index in [1.165, 1.54) is 25.1 Å². The molecule has 0 aromatic heterocycles. The van der Waals surface area contributed by atoms with Crippen LogP contribution < -0.4 is 5.32 Å². The highest BCUT2D eigenvalue weighted by Gasteiger charge is 2.28. The first-order chi connectivity index (χ1) is 8.85. The highest BCUT2D eigenvalue weighted by molar-refractivity contribution is 5.08. The number of hydrogen-bond acceptors (Lipinski definition) is 2. The Bertz CT molecular complexity index is 292. The van der Waals surface area contributed by atoms with Gasteiger partial charge in [0.2, 0.25) is 0 Å². The van der Waals surface area contributed by atoms with E-state index in [4.69, 9.17) is 0 Å². The average molecular weight is 266 g/mol. The van der Waals surface area contributed by atoms with Crippen molar-refractivity contribution in [1.82, 2.24) is 10.2 Å². The minimum Gasteiger partial charge on any atom is -0.392 e. The van der Waals surface area contributed by atoms with Crippen LogP contribution in [0.5, 0.6) is 0 Å². The van der Waals surface area contributed by atoms with Gasteiger partial charge in [-0.05, 0) is 51.3 Å². The van der Waals surface area contributed by atoms with E-state index < -0.39 is 0 Å². The van der Waals surface area contributed by atoms with Crippen molar-refractivity contribution in [3.05, 3.63) is 23.9 Å². The van der Waals surface area contributed by atoms with E-state index in [9.17, 15) is 0 Å². The molecule has 0 aliphatic carbocycles. The quantitative estimate of drug-likeness (QED) is 0.633. The summed E-state index contributed by atoms with van der Waals surface area (Å²) in [5, 5.41) is 3.13. The van der Waals surface area contributed by atoms with Gasteiger partial charge in [0.1, 0.15) is 0 Å². The van der Waals surface area contributed by atoms with Crippen LogP contribution in [0.15, 0.2) is 23.9 Å². The maximum absolute atomic E-state index is 3.13. The van der Waals surface area contributed by atoms with Crippen molar-refractivity contribution in [2.45, 2.75) is 47.0 Å². The molecule has 2 atom stereocenters. The van der Waals surface area contributed by atoms with Gasteiger partial charge in [0, 0.05) is 19.3 Å². The highest BCUT2D eigenvalue weighted by Crippen LogP contribution is 2.36. The molecule has 0 aliphatic heterocycles. The van der Waals surface area contributed by atoms with Crippen LogP contribution in [-0.4, -0.2) is 32.6 Å². The summed E-state index contributed by atoms with van der Waals surface area (Å²) in [6, 6.07) is 0. The second-order valence-corrected chi connectivity index (χ2v) is 6.24. The van der Waals surface area contributed by atoms with Crippen LogP contribution in [0.1, 0.15) is 47.0 Å². The van der Waals surface area contributed by atoms with Gasteiger partial charge in [-0.2, -0.15) is 0 Å². The summed E-state index contributed by atoms with van der Waals surface area (Å²) in [5.41, 5.74) is 1.64. The zero-order valence-electron chi connectivity index (χ0n) is 14.1. The Hall–Kier alpha value is -0.760. The second kappa shape index (κ2) is 9.19. The van der Waals surface area contributed by atoms with Gasteiger partial charge in [-0.3, -0.25) is 0 Å². The molecule has 19 heavy (non-hydrogen) atoms. The Morgan fingerprint density at radius 3 is 2.47 bits per heavy atom. The van der Waals surface area contributed by atoms with Crippen molar-refractivity contribution in [3.8, 4) is 0 Å². The molecule has 0 aromatic carbocycles. The van der Waals surface area contributed by atoms with E-state index in [2.05, 4.69) is 70.2 Å². The van der Waals surface area contributed by atoms with Crippen molar-refractivity contribution in [1.29, 1.82) is 0 Å². The molecule has 1 unspecified atom stereocenters. The number of nitrogens with zero attached hydrogens (tertiary/aromatic N) is 1. The minimum atomic E-state index is 0.441. The fourth-order valence-electron chi connectivity index (χ4n) is 2.34. The van der Waals surface area contributed by atoms with Gasteiger partial charge in [-0.1, -0.05) is 39.3 Å². The molecule has 0 aromatic rings. The third-order valence-electron chi connectivity index (χ3n) is 4.40. The number of rotatable bonds is 9. The van der Waals surface area contributed by atoms with E-state index in [1.807, 2.05) is 7.05 Å². The Morgan fingerprint density at radius 1 is 1.37 bits per heavy atom. The van der Waals surface area contributed by atoms with Gasteiger partial charge >= 0.3 is 0 Å². The molecular formula is C17H34N2. The van der Waals surface area contributed by atoms with Crippen molar-refractivity contribution in [2.24, 2.45) is 11.3 Å². The summed E-state index contributed by atoms with van der Waals surface area (Å²) in [6.07, 6.45) is 10.3. The van der Waals surface area contributed by atoms with Crippen molar-refractivity contribution < 1.29 is 0 Å². The first kappa shape index (κ1) is 18.2. The lowest BCUT2D eigenvalue weighted by Gasteiger charge is -2.36. The highest BCUT2D eigenvalue weighted by atomic mass is 15.1. The third-order valence-corrected chi connectivity index (χ3v) is 4.40. The maximum atomic E-state index is 3.13. The standard InChI is InChI=1S/C17H34N2/c1-8-17(4,15(2)14-19(6)7)13-11-9-10-12-16(3)18-5/h9-10,12,15,18H,8,11,13-14H2,1-7H3/b10-9-,16-12+/t15-,17?/m0/s1. The van der Waals surface area contributed by atoms with E-state index in [1.54, 1.807) is 0 Å². The maximum Gasteiger partial charge on any atom is 0.00723 e. The van der Waals surface area contributed by atoms with Crippen LogP contribution in [0.25, 0.3) is 0 Å². The van der Waals surface area contributed by atoms with Crippen LogP contribution in [0.2, 0.25) is 0 Å². The first-order valence-electron chi connectivity index (χ1n) is 7.51. The summed E-state index contributed by atoms with van der Waals surface area (Å²) in [7, 11) is 6.28. The van der Waals surface area contributed by atoms with Crippen LogP contribution in [0.4, 0.5) is 0 Å². The fourth-order valence-corrected chi connectivity index (χ4v) is 2.34. The van der Waals surface area contributed by atoms with Gasteiger partial charge in [0.05, 0.1) is 0 Å². The normalized spacial score (nSPS) is 17.8. The molecule has 0 fully saturated rings. The van der Waals surface area contributed by atoms with Crippen LogP contribution in [0.3, 0.4) is 0 Å². The van der Waals surface area contributed by atoms with Crippen LogP contribution in [0, 0.1) is 11.3 Å². The molecule has 0 saturated carbocycles.